The van der Waals surface area contributed by atoms with E-state index in [9.17, 15) is 0 Å². The average molecular weight is 359 g/mol. The summed E-state index contributed by atoms with van der Waals surface area (Å²) in [5.41, 5.74) is 7.55. The zero-order valence-electron chi connectivity index (χ0n) is 14.3. The topological polar surface area (TPSA) is 88.1 Å². The molecule has 1 aliphatic rings. The molecule has 0 amide bonds. The Morgan fingerprint density at radius 2 is 2.16 bits per heavy atom. The quantitative estimate of drug-likeness (QED) is 0.728. The molecule has 0 aromatic carbocycles. The van der Waals surface area contributed by atoms with Gasteiger partial charge in [0.25, 0.3) is 0 Å². The highest BCUT2D eigenvalue weighted by atomic mass is 32.1. The van der Waals surface area contributed by atoms with Crippen LogP contribution < -0.4 is 5.73 Å². The molecule has 3 aromatic heterocycles. The molecule has 0 spiro atoms. The van der Waals surface area contributed by atoms with Crippen molar-refractivity contribution in [2.75, 3.05) is 26.6 Å². The molecule has 1 aliphatic carbocycles. The third-order valence-corrected chi connectivity index (χ3v) is 5.70. The molecule has 7 nitrogen and oxygen atoms in total. The number of fused-ring (bicyclic) bond motifs is 1. The lowest BCUT2D eigenvalue weighted by Gasteiger charge is -2.34. The van der Waals surface area contributed by atoms with Gasteiger partial charge in [0.15, 0.2) is 11.6 Å². The number of rotatable bonds is 6. The van der Waals surface area contributed by atoms with Crippen molar-refractivity contribution in [3.63, 3.8) is 0 Å². The van der Waals surface area contributed by atoms with Gasteiger partial charge in [0.1, 0.15) is 10.6 Å². The maximum atomic E-state index is 6.30. The maximum absolute atomic E-state index is 6.30. The molecule has 3 heterocycles. The first-order chi connectivity index (χ1) is 12.2. The van der Waals surface area contributed by atoms with Gasteiger partial charge < -0.3 is 19.8 Å². The summed E-state index contributed by atoms with van der Waals surface area (Å²) >= 11 is 1.62. The summed E-state index contributed by atoms with van der Waals surface area (Å²) in [4.78, 5) is 14.6. The van der Waals surface area contributed by atoms with E-state index in [-0.39, 0.29) is 0 Å². The molecule has 0 bridgehead atoms. The smallest absolute Gasteiger partial charge is 0.199 e. The number of nitrogens with zero attached hydrogens (tertiary/aromatic N) is 4. The molecular weight excluding hydrogens is 338 g/mol. The first-order valence-corrected chi connectivity index (χ1v) is 9.17. The van der Waals surface area contributed by atoms with Crippen LogP contribution in [0.3, 0.4) is 0 Å². The molecular formula is C17H21N5O2S. The van der Waals surface area contributed by atoms with Crippen LogP contribution in [0, 0.1) is 0 Å². The van der Waals surface area contributed by atoms with Crippen molar-refractivity contribution in [1.29, 1.82) is 0 Å². The highest BCUT2D eigenvalue weighted by Gasteiger charge is 2.33. The van der Waals surface area contributed by atoms with Gasteiger partial charge in [-0.05, 0) is 29.7 Å². The van der Waals surface area contributed by atoms with E-state index in [4.69, 9.17) is 20.2 Å². The van der Waals surface area contributed by atoms with Gasteiger partial charge in [0, 0.05) is 33.2 Å². The van der Waals surface area contributed by atoms with Crippen LogP contribution in [0.25, 0.3) is 21.9 Å². The fraction of sp³-hybridized carbons (Fsp3) is 0.471. The Balaban J connectivity index is 1.68. The van der Waals surface area contributed by atoms with E-state index < -0.39 is 0 Å². The van der Waals surface area contributed by atoms with Gasteiger partial charge >= 0.3 is 0 Å². The molecule has 8 heteroatoms. The van der Waals surface area contributed by atoms with Crippen LogP contribution in [0.15, 0.2) is 17.8 Å². The third-order valence-electron chi connectivity index (χ3n) is 4.81. The second kappa shape index (κ2) is 6.70. The number of imidazole rings is 1. The number of nitrogen functional groups attached to an aromatic ring is 1. The average Bonchev–Trinajstić information content (AvgIpc) is 3.19. The SMILES string of the molecule is COCCn1ccnc1-c1nc(N)c2c(C3CC(OC)C3)csc2n1. The number of hydrogen-bond acceptors (Lipinski definition) is 7. The van der Waals surface area contributed by atoms with Crippen LogP contribution in [0.2, 0.25) is 0 Å². The van der Waals surface area contributed by atoms with Crippen LogP contribution in [-0.2, 0) is 16.0 Å². The number of aromatic nitrogens is 4. The molecule has 0 saturated heterocycles. The van der Waals surface area contributed by atoms with E-state index in [1.807, 2.05) is 10.8 Å². The fourth-order valence-corrected chi connectivity index (χ4v) is 4.32. The van der Waals surface area contributed by atoms with E-state index in [0.717, 1.165) is 23.1 Å². The zero-order valence-corrected chi connectivity index (χ0v) is 15.1. The van der Waals surface area contributed by atoms with E-state index in [1.165, 1.54) is 5.56 Å². The predicted molar refractivity (Wildman–Crippen MR) is 97.7 cm³/mol. The first-order valence-electron chi connectivity index (χ1n) is 8.29. The van der Waals surface area contributed by atoms with Crippen molar-refractivity contribution >= 4 is 27.4 Å². The summed E-state index contributed by atoms with van der Waals surface area (Å²) in [7, 11) is 3.45. The molecule has 1 fully saturated rings. The minimum atomic E-state index is 0.356. The van der Waals surface area contributed by atoms with E-state index >= 15 is 0 Å². The lowest BCUT2D eigenvalue weighted by Crippen LogP contribution is -2.28. The van der Waals surface area contributed by atoms with Crippen molar-refractivity contribution in [2.45, 2.75) is 31.4 Å². The Morgan fingerprint density at radius 3 is 2.92 bits per heavy atom. The number of ether oxygens (including phenoxy) is 2. The molecule has 0 unspecified atom stereocenters. The summed E-state index contributed by atoms with van der Waals surface area (Å²) in [5.74, 6) is 2.28. The Bertz CT molecular complexity index is 884. The van der Waals surface area contributed by atoms with Crippen molar-refractivity contribution in [3.8, 4) is 11.6 Å². The fourth-order valence-electron chi connectivity index (χ4n) is 3.29. The van der Waals surface area contributed by atoms with Crippen molar-refractivity contribution in [3.05, 3.63) is 23.3 Å². The van der Waals surface area contributed by atoms with E-state index in [1.54, 1.807) is 31.8 Å². The summed E-state index contributed by atoms with van der Waals surface area (Å²) < 4.78 is 12.5. The molecule has 25 heavy (non-hydrogen) atoms. The number of anilines is 1. The number of nitrogens with two attached hydrogens (primary N) is 1. The summed E-state index contributed by atoms with van der Waals surface area (Å²) in [6.07, 6.45) is 6.07. The largest absolute Gasteiger partial charge is 0.383 e. The van der Waals surface area contributed by atoms with Crippen molar-refractivity contribution in [1.82, 2.24) is 19.5 Å². The highest BCUT2D eigenvalue weighted by Crippen LogP contribution is 2.44. The lowest BCUT2D eigenvalue weighted by molar-refractivity contribution is 0.0262. The number of methoxy groups -OCH3 is 2. The van der Waals surface area contributed by atoms with E-state index in [2.05, 4.69) is 15.3 Å². The van der Waals surface area contributed by atoms with Gasteiger partial charge in [0.2, 0.25) is 0 Å². The van der Waals surface area contributed by atoms with Crippen LogP contribution in [-0.4, -0.2) is 46.4 Å². The minimum Gasteiger partial charge on any atom is -0.383 e. The number of hydrogen-bond donors (Lipinski definition) is 1. The van der Waals surface area contributed by atoms with Gasteiger partial charge in [-0.15, -0.1) is 11.3 Å². The normalized spacial score (nSPS) is 20.1. The Morgan fingerprint density at radius 1 is 1.32 bits per heavy atom. The summed E-state index contributed by atoms with van der Waals surface area (Å²) in [6, 6.07) is 0. The minimum absolute atomic E-state index is 0.356. The summed E-state index contributed by atoms with van der Waals surface area (Å²) in [5, 5.41) is 3.15. The van der Waals surface area contributed by atoms with Gasteiger partial charge in [-0.2, -0.15) is 0 Å². The molecule has 1 saturated carbocycles. The van der Waals surface area contributed by atoms with Crippen LogP contribution in [0.4, 0.5) is 5.82 Å². The predicted octanol–water partition coefficient (Wildman–Crippen LogP) is 2.68. The second-order valence-corrected chi connectivity index (χ2v) is 7.12. The zero-order chi connectivity index (χ0) is 17.4. The lowest BCUT2D eigenvalue weighted by atomic mass is 9.77. The highest BCUT2D eigenvalue weighted by molar-refractivity contribution is 7.17. The second-order valence-electron chi connectivity index (χ2n) is 6.27. The van der Waals surface area contributed by atoms with E-state index in [0.29, 0.717) is 42.6 Å². The van der Waals surface area contributed by atoms with Gasteiger partial charge in [0.05, 0.1) is 18.1 Å². The molecule has 0 radical (unpaired) electrons. The Labute approximate surface area is 149 Å². The molecule has 0 aliphatic heterocycles. The maximum Gasteiger partial charge on any atom is 0.199 e. The first kappa shape index (κ1) is 16.4. The molecule has 132 valence electrons. The third kappa shape index (κ3) is 2.90. The number of thiophene rings is 1. The molecule has 0 atom stereocenters. The summed E-state index contributed by atoms with van der Waals surface area (Å²) in [6.45, 7) is 1.30. The van der Waals surface area contributed by atoms with Gasteiger partial charge in [-0.1, -0.05) is 0 Å². The van der Waals surface area contributed by atoms with Crippen molar-refractivity contribution < 1.29 is 9.47 Å². The molecule has 4 rings (SSSR count). The van der Waals surface area contributed by atoms with Gasteiger partial charge in [-0.25, -0.2) is 15.0 Å². The standard InChI is InChI=1S/C17H21N5O2S/c1-23-6-5-22-4-3-19-16(22)15-20-14(18)13-12(9-25-17(13)21-15)10-7-11(8-10)24-2/h3-4,9-11H,5-8H2,1-2H3,(H2,18,20,21). The Kier molecular flexibility index (Phi) is 4.41. The Hall–Kier alpha value is -2.03. The monoisotopic (exact) mass is 359 g/mol. The van der Waals surface area contributed by atoms with Crippen molar-refractivity contribution in [2.24, 2.45) is 0 Å². The molecule has 3 aromatic rings. The molecule has 2 N–H and O–H groups in total. The van der Waals surface area contributed by atoms with Crippen LogP contribution in [0.1, 0.15) is 24.3 Å². The van der Waals surface area contributed by atoms with Crippen LogP contribution in [0.5, 0.6) is 0 Å². The van der Waals surface area contributed by atoms with Crippen LogP contribution >= 0.6 is 11.3 Å². The van der Waals surface area contributed by atoms with Gasteiger partial charge in [-0.3, -0.25) is 0 Å².